The summed E-state index contributed by atoms with van der Waals surface area (Å²) in [7, 11) is 0. The van der Waals surface area contributed by atoms with E-state index in [1.165, 1.54) is 6.08 Å². The van der Waals surface area contributed by atoms with Crippen molar-refractivity contribution in [3.63, 3.8) is 0 Å². The van der Waals surface area contributed by atoms with E-state index in [1.807, 2.05) is 0 Å². The molecule has 0 bridgehead atoms. The normalized spacial score (nSPS) is 10.7. The van der Waals surface area contributed by atoms with E-state index in [-0.39, 0.29) is 0 Å². The molecule has 0 amide bonds. The van der Waals surface area contributed by atoms with Crippen LogP contribution in [0.3, 0.4) is 0 Å². The number of ketones is 1. The van der Waals surface area contributed by atoms with Crippen LogP contribution in [0, 0.1) is 0 Å². The Morgan fingerprint density at radius 2 is 1.58 bits per heavy atom. The largest absolute Gasteiger partial charge is 0.502 e. The van der Waals surface area contributed by atoms with Crippen molar-refractivity contribution >= 4 is 11.8 Å². The SMILES string of the molecule is CC(C)=CC(=O)/C=C(\O)C(=O)O. The number of carboxylic acid groups (broad SMARTS) is 1. The number of rotatable bonds is 3. The maximum atomic E-state index is 10.8. The first kappa shape index (κ1) is 10.4. The van der Waals surface area contributed by atoms with E-state index in [2.05, 4.69) is 0 Å². The van der Waals surface area contributed by atoms with Gasteiger partial charge >= 0.3 is 5.97 Å². The van der Waals surface area contributed by atoms with Crippen LogP contribution < -0.4 is 0 Å². The zero-order chi connectivity index (χ0) is 9.72. The third-order valence-corrected chi connectivity index (χ3v) is 0.929. The van der Waals surface area contributed by atoms with Crippen molar-refractivity contribution < 1.29 is 19.8 Å². The van der Waals surface area contributed by atoms with Gasteiger partial charge in [0.05, 0.1) is 0 Å². The minimum Gasteiger partial charge on any atom is -0.502 e. The van der Waals surface area contributed by atoms with E-state index >= 15 is 0 Å². The van der Waals surface area contributed by atoms with Gasteiger partial charge in [0.1, 0.15) is 0 Å². The van der Waals surface area contributed by atoms with E-state index in [4.69, 9.17) is 10.2 Å². The number of carbonyl (C=O) groups is 2. The molecule has 2 N–H and O–H groups in total. The van der Waals surface area contributed by atoms with Crippen LogP contribution in [-0.2, 0) is 9.59 Å². The summed E-state index contributed by atoms with van der Waals surface area (Å²) in [5.74, 6) is -2.99. The smallest absolute Gasteiger partial charge is 0.371 e. The van der Waals surface area contributed by atoms with Crippen LogP contribution in [0.1, 0.15) is 13.8 Å². The molecule has 0 spiro atoms. The molecule has 0 rings (SSSR count). The molecular formula is C8H10O4. The van der Waals surface area contributed by atoms with Crippen LogP contribution in [0.5, 0.6) is 0 Å². The summed E-state index contributed by atoms with van der Waals surface area (Å²) in [6.45, 7) is 3.40. The Morgan fingerprint density at radius 1 is 1.08 bits per heavy atom. The lowest BCUT2D eigenvalue weighted by Gasteiger charge is -1.89. The van der Waals surface area contributed by atoms with Crippen LogP contribution in [0.15, 0.2) is 23.5 Å². The summed E-state index contributed by atoms with van der Waals surface area (Å²) < 4.78 is 0. The Balaban J connectivity index is 4.46. The topological polar surface area (TPSA) is 74.6 Å². The summed E-state index contributed by atoms with van der Waals surface area (Å²) in [6.07, 6.45) is 1.90. The van der Waals surface area contributed by atoms with Gasteiger partial charge < -0.3 is 10.2 Å². The number of hydrogen-bond acceptors (Lipinski definition) is 3. The molecule has 4 nitrogen and oxygen atoms in total. The van der Waals surface area contributed by atoms with Gasteiger partial charge in [-0.2, -0.15) is 0 Å². The monoisotopic (exact) mass is 170 g/mol. The van der Waals surface area contributed by atoms with Crippen molar-refractivity contribution in [3.8, 4) is 0 Å². The van der Waals surface area contributed by atoms with Crippen LogP contribution in [-0.4, -0.2) is 22.0 Å². The third kappa shape index (κ3) is 4.27. The molecule has 0 aromatic heterocycles. The standard InChI is InChI=1S/C8H10O4/c1-5(2)3-6(9)4-7(10)8(11)12/h3-4,10H,1-2H3,(H,11,12)/b7-4-. The second-order valence-electron chi connectivity index (χ2n) is 2.46. The van der Waals surface area contributed by atoms with Crippen LogP contribution in [0.2, 0.25) is 0 Å². The number of hydrogen-bond donors (Lipinski definition) is 2. The van der Waals surface area contributed by atoms with Gasteiger partial charge in [-0.1, -0.05) is 5.57 Å². The van der Waals surface area contributed by atoms with Crippen LogP contribution in [0.4, 0.5) is 0 Å². The first-order valence-electron chi connectivity index (χ1n) is 3.26. The van der Waals surface area contributed by atoms with E-state index in [9.17, 15) is 9.59 Å². The van der Waals surface area contributed by atoms with Gasteiger partial charge in [-0.05, 0) is 19.9 Å². The van der Waals surface area contributed by atoms with Gasteiger partial charge in [0.15, 0.2) is 5.78 Å². The predicted octanol–water partition coefficient (Wildman–Crippen LogP) is 1.05. The minimum absolute atomic E-state index is 0.532. The molecule has 0 aliphatic rings. The van der Waals surface area contributed by atoms with E-state index in [0.717, 1.165) is 5.57 Å². The zero-order valence-corrected chi connectivity index (χ0v) is 6.87. The number of aliphatic hydroxyl groups excluding tert-OH is 1. The molecule has 0 saturated heterocycles. The van der Waals surface area contributed by atoms with E-state index in [0.29, 0.717) is 6.08 Å². The first-order chi connectivity index (χ1) is 5.43. The fourth-order valence-electron chi connectivity index (χ4n) is 0.523. The molecule has 66 valence electrons. The van der Waals surface area contributed by atoms with Crippen molar-refractivity contribution in [2.45, 2.75) is 13.8 Å². The number of carboxylic acids is 1. The molecular weight excluding hydrogens is 160 g/mol. The lowest BCUT2D eigenvalue weighted by molar-refractivity contribution is -0.135. The zero-order valence-electron chi connectivity index (χ0n) is 6.87. The van der Waals surface area contributed by atoms with Gasteiger partial charge in [0, 0.05) is 6.08 Å². The van der Waals surface area contributed by atoms with Gasteiger partial charge in [0.2, 0.25) is 5.76 Å². The maximum Gasteiger partial charge on any atom is 0.371 e. The third-order valence-electron chi connectivity index (χ3n) is 0.929. The Hall–Kier alpha value is -1.58. The Morgan fingerprint density at radius 3 is 1.92 bits per heavy atom. The lowest BCUT2D eigenvalue weighted by atomic mass is 10.2. The summed E-state index contributed by atoms with van der Waals surface area (Å²) in [5.41, 5.74) is 0.745. The second kappa shape index (κ2) is 4.33. The molecule has 0 aromatic carbocycles. The molecule has 0 unspecified atom stereocenters. The highest BCUT2D eigenvalue weighted by Gasteiger charge is 2.04. The number of aliphatic hydroxyl groups is 1. The quantitative estimate of drug-likeness (QED) is 0.490. The molecule has 0 aliphatic carbocycles. The highest BCUT2D eigenvalue weighted by atomic mass is 16.4. The molecule has 0 saturated carbocycles. The Kier molecular flexibility index (Phi) is 3.76. The highest BCUT2D eigenvalue weighted by Crippen LogP contribution is 1.94. The Bertz CT molecular complexity index is 256. The molecule has 12 heavy (non-hydrogen) atoms. The van der Waals surface area contributed by atoms with E-state index in [1.54, 1.807) is 13.8 Å². The van der Waals surface area contributed by atoms with Crippen molar-refractivity contribution in [2.75, 3.05) is 0 Å². The predicted molar refractivity (Wildman–Crippen MR) is 42.8 cm³/mol. The van der Waals surface area contributed by atoms with Crippen molar-refractivity contribution in [1.82, 2.24) is 0 Å². The number of allylic oxidation sites excluding steroid dienone is 3. The summed E-state index contributed by atoms with van der Waals surface area (Å²) in [4.78, 5) is 20.8. The first-order valence-corrected chi connectivity index (χ1v) is 3.26. The van der Waals surface area contributed by atoms with Gasteiger partial charge in [-0.3, -0.25) is 4.79 Å². The fraction of sp³-hybridized carbons (Fsp3) is 0.250. The molecule has 0 aromatic rings. The molecule has 0 aliphatic heterocycles. The van der Waals surface area contributed by atoms with Gasteiger partial charge in [-0.15, -0.1) is 0 Å². The van der Waals surface area contributed by atoms with Crippen molar-refractivity contribution in [3.05, 3.63) is 23.5 Å². The molecule has 0 atom stereocenters. The van der Waals surface area contributed by atoms with E-state index < -0.39 is 17.5 Å². The summed E-state index contributed by atoms with van der Waals surface area (Å²) in [5, 5.41) is 16.8. The van der Waals surface area contributed by atoms with Crippen LogP contribution in [0.25, 0.3) is 0 Å². The number of carbonyl (C=O) groups excluding carboxylic acids is 1. The fourth-order valence-corrected chi connectivity index (χ4v) is 0.523. The molecule has 4 heteroatoms. The molecule has 0 fully saturated rings. The Labute approximate surface area is 69.8 Å². The second-order valence-corrected chi connectivity index (χ2v) is 2.46. The number of aliphatic carboxylic acids is 1. The minimum atomic E-state index is -1.51. The van der Waals surface area contributed by atoms with Gasteiger partial charge in [0.25, 0.3) is 0 Å². The summed E-state index contributed by atoms with van der Waals surface area (Å²) in [6, 6.07) is 0. The maximum absolute atomic E-state index is 10.8. The summed E-state index contributed by atoms with van der Waals surface area (Å²) >= 11 is 0. The molecule has 0 heterocycles. The highest BCUT2D eigenvalue weighted by molar-refractivity contribution is 6.03. The molecule has 0 radical (unpaired) electrons. The average molecular weight is 170 g/mol. The van der Waals surface area contributed by atoms with Crippen LogP contribution >= 0.6 is 0 Å². The van der Waals surface area contributed by atoms with Crippen molar-refractivity contribution in [2.24, 2.45) is 0 Å². The lowest BCUT2D eigenvalue weighted by Crippen LogP contribution is -2.02. The van der Waals surface area contributed by atoms with Crippen molar-refractivity contribution in [1.29, 1.82) is 0 Å². The van der Waals surface area contributed by atoms with Gasteiger partial charge in [-0.25, -0.2) is 4.79 Å². The average Bonchev–Trinajstić information content (AvgIpc) is 1.84.